The van der Waals surface area contributed by atoms with Crippen LogP contribution >= 0.6 is 11.3 Å². The molecule has 0 radical (unpaired) electrons. The smallest absolute Gasteiger partial charge is 0.185 e. The van der Waals surface area contributed by atoms with Crippen LogP contribution in [0.5, 0.6) is 0 Å². The lowest BCUT2D eigenvalue weighted by atomic mass is 10.3. The van der Waals surface area contributed by atoms with E-state index in [9.17, 15) is 0 Å². The van der Waals surface area contributed by atoms with Crippen molar-refractivity contribution in [2.45, 2.75) is 31.8 Å². The summed E-state index contributed by atoms with van der Waals surface area (Å²) in [5, 5.41) is 4.39. The van der Waals surface area contributed by atoms with Crippen LogP contribution in [0.15, 0.2) is 6.20 Å². The van der Waals surface area contributed by atoms with E-state index < -0.39 is 0 Å². The Morgan fingerprint density at radius 1 is 1.64 bits per heavy atom. The Balaban J connectivity index is 2.08. The summed E-state index contributed by atoms with van der Waals surface area (Å²) < 4.78 is 0. The number of aromatic nitrogens is 1. The molecule has 78 valence electrons. The van der Waals surface area contributed by atoms with Gasteiger partial charge in [0.2, 0.25) is 0 Å². The van der Waals surface area contributed by atoms with E-state index in [2.05, 4.69) is 29.2 Å². The van der Waals surface area contributed by atoms with E-state index in [0.29, 0.717) is 6.04 Å². The molecule has 0 aromatic carbocycles. The minimum atomic E-state index is 0.411. The highest BCUT2D eigenvalue weighted by Gasteiger charge is 2.28. The van der Waals surface area contributed by atoms with Gasteiger partial charge in [0.15, 0.2) is 5.13 Å². The average molecular weight is 211 g/mol. The third-order valence-corrected chi connectivity index (χ3v) is 4.04. The van der Waals surface area contributed by atoms with Crippen LogP contribution in [-0.2, 0) is 0 Å². The molecule has 4 heteroatoms. The molecule has 1 saturated carbocycles. The largest absolute Gasteiger partial charge is 0.348 e. The van der Waals surface area contributed by atoms with Crippen molar-refractivity contribution in [2.75, 3.05) is 19.0 Å². The first-order valence-corrected chi connectivity index (χ1v) is 5.90. The van der Waals surface area contributed by atoms with Crippen LogP contribution < -0.4 is 10.2 Å². The summed E-state index contributed by atoms with van der Waals surface area (Å²) in [6, 6.07) is 1.16. The fraction of sp³-hybridized carbons (Fsp3) is 0.700. The maximum Gasteiger partial charge on any atom is 0.185 e. The molecule has 1 aliphatic carbocycles. The minimum Gasteiger partial charge on any atom is -0.348 e. The molecule has 14 heavy (non-hydrogen) atoms. The Hall–Kier alpha value is -0.610. The molecule has 3 nitrogen and oxygen atoms in total. The lowest BCUT2D eigenvalue weighted by Gasteiger charge is -2.13. The van der Waals surface area contributed by atoms with Crippen LogP contribution in [0.4, 0.5) is 5.13 Å². The van der Waals surface area contributed by atoms with Gasteiger partial charge in [0.1, 0.15) is 0 Å². The second-order valence-corrected chi connectivity index (χ2v) is 4.94. The SMILES string of the molecule is CNC(C)c1cnc(N(C)C2CC2)s1. The molecule has 1 aromatic heterocycles. The summed E-state index contributed by atoms with van der Waals surface area (Å²) >= 11 is 1.79. The fourth-order valence-electron chi connectivity index (χ4n) is 1.40. The van der Waals surface area contributed by atoms with Crippen LogP contribution in [0.2, 0.25) is 0 Å². The van der Waals surface area contributed by atoms with E-state index in [4.69, 9.17) is 0 Å². The van der Waals surface area contributed by atoms with Gasteiger partial charge in [-0.05, 0) is 26.8 Å². The van der Waals surface area contributed by atoms with Gasteiger partial charge < -0.3 is 10.2 Å². The first-order valence-electron chi connectivity index (χ1n) is 5.08. The van der Waals surface area contributed by atoms with E-state index in [1.165, 1.54) is 17.7 Å². The van der Waals surface area contributed by atoms with Crippen molar-refractivity contribution in [3.8, 4) is 0 Å². The first-order chi connectivity index (χ1) is 6.72. The highest BCUT2D eigenvalue weighted by atomic mass is 32.1. The van der Waals surface area contributed by atoms with E-state index in [0.717, 1.165) is 11.2 Å². The van der Waals surface area contributed by atoms with Gasteiger partial charge in [0, 0.05) is 30.2 Å². The summed E-state index contributed by atoms with van der Waals surface area (Å²) in [6.07, 6.45) is 4.64. The molecule has 1 aliphatic rings. The van der Waals surface area contributed by atoms with Gasteiger partial charge in [-0.25, -0.2) is 4.98 Å². The van der Waals surface area contributed by atoms with Gasteiger partial charge in [-0.3, -0.25) is 0 Å². The number of thiazole rings is 1. The molecule has 1 aromatic rings. The lowest BCUT2D eigenvalue weighted by molar-refractivity contribution is 0.662. The maximum atomic E-state index is 4.45. The van der Waals surface area contributed by atoms with Gasteiger partial charge in [0.25, 0.3) is 0 Å². The third-order valence-electron chi connectivity index (χ3n) is 2.77. The number of nitrogens with one attached hydrogen (secondary N) is 1. The Kier molecular flexibility index (Phi) is 2.74. The van der Waals surface area contributed by atoms with Crippen LogP contribution in [-0.4, -0.2) is 25.1 Å². The highest BCUT2D eigenvalue weighted by molar-refractivity contribution is 7.15. The Bertz CT molecular complexity index is 306. The van der Waals surface area contributed by atoms with Gasteiger partial charge in [0.05, 0.1) is 0 Å². The zero-order valence-corrected chi connectivity index (χ0v) is 9.77. The van der Waals surface area contributed by atoms with Crippen LogP contribution in [0.1, 0.15) is 30.7 Å². The molecular weight excluding hydrogens is 194 g/mol. The molecule has 1 N–H and O–H groups in total. The minimum absolute atomic E-state index is 0.411. The van der Waals surface area contributed by atoms with Crippen molar-refractivity contribution in [3.63, 3.8) is 0 Å². The normalized spacial score (nSPS) is 18.2. The second kappa shape index (κ2) is 3.87. The third kappa shape index (κ3) is 1.91. The second-order valence-electron chi connectivity index (χ2n) is 3.90. The topological polar surface area (TPSA) is 28.2 Å². The Morgan fingerprint density at radius 3 is 2.93 bits per heavy atom. The van der Waals surface area contributed by atoms with Crippen molar-refractivity contribution >= 4 is 16.5 Å². The monoisotopic (exact) mass is 211 g/mol. The predicted molar refractivity (Wildman–Crippen MR) is 61.0 cm³/mol. The van der Waals surface area contributed by atoms with Crippen molar-refractivity contribution in [1.82, 2.24) is 10.3 Å². The van der Waals surface area contributed by atoms with E-state index in [1.54, 1.807) is 11.3 Å². The van der Waals surface area contributed by atoms with E-state index in [-0.39, 0.29) is 0 Å². The van der Waals surface area contributed by atoms with Crippen LogP contribution in [0.25, 0.3) is 0 Å². The molecule has 0 spiro atoms. The molecule has 0 saturated heterocycles. The molecular formula is C10H17N3S. The number of anilines is 1. The standard InChI is InChI=1S/C10H17N3S/c1-7(11-2)9-6-12-10(14-9)13(3)8-4-5-8/h6-8,11H,4-5H2,1-3H3. The summed E-state index contributed by atoms with van der Waals surface area (Å²) in [7, 11) is 4.12. The number of hydrogen-bond donors (Lipinski definition) is 1. The Labute approximate surface area is 89.1 Å². The van der Waals surface area contributed by atoms with E-state index >= 15 is 0 Å². The van der Waals surface area contributed by atoms with Crippen molar-refractivity contribution < 1.29 is 0 Å². The summed E-state index contributed by atoms with van der Waals surface area (Å²) in [6.45, 7) is 2.16. The number of nitrogens with zero attached hydrogens (tertiary/aromatic N) is 2. The number of rotatable bonds is 4. The van der Waals surface area contributed by atoms with Crippen molar-refractivity contribution in [1.29, 1.82) is 0 Å². The average Bonchev–Trinajstić information content (AvgIpc) is 2.93. The van der Waals surface area contributed by atoms with Gasteiger partial charge in [-0.1, -0.05) is 0 Å². The molecule has 1 heterocycles. The number of hydrogen-bond acceptors (Lipinski definition) is 4. The fourth-order valence-corrected chi connectivity index (χ4v) is 2.41. The summed E-state index contributed by atoms with van der Waals surface area (Å²) in [5.74, 6) is 0. The zero-order chi connectivity index (χ0) is 10.1. The van der Waals surface area contributed by atoms with Gasteiger partial charge >= 0.3 is 0 Å². The highest BCUT2D eigenvalue weighted by Crippen LogP contribution is 2.33. The van der Waals surface area contributed by atoms with Crippen LogP contribution in [0, 0.1) is 0 Å². The van der Waals surface area contributed by atoms with Crippen molar-refractivity contribution in [2.24, 2.45) is 0 Å². The molecule has 1 fully saturated rings. The molecule has 0 aliphatic heterocycles. The summed E-state index contributed by atoms with van der Waals surface area (Å²) in [5.41, 5.74) is 0. The zero-order valence-electron chi connectivity index (χ0n) is 8.95. The Morgan fingerprint density at radius 2 is 2.36 bits per heavy atom. The van der Waals surface area contributed by atoms with E-state index in [1.807, 2.05) is 13.2 Å². The van der Waals surface area contributed by atoms with Gasteiger partial charge in [-0.2, -0.15) is 0 Å². The molecule has 2 rings (SSSR count). The first kappa shape index (κ1) is 9.93. The van der Waals surface area contributed by atoms with Crippen LogP contribution in [0.3, 0.4) is 0 Å². The molecule has 1 atom stereocenters. The quantitative estimate of drug-likeness (QED) is 0.826. The van der Waals surface area contributed by atoms with Gasteiger partial charge in [-0.15, -0.1) is 11.3 Å². The maximum absolute atomic E-state index is 4.45. The summed E-state index contributed by atoms with van der Waals surface area (Å²) in [4.78, 5) is 8.07. The molecule has 1 unspecified atom stereocenters. The lowest BCUT2D eigenvalue weighted by Crippen LogP contribution is -2.18. The molecule has 0 amide bonds. The predicted octanol–water partition coefficient (Wildman–Crippen LogP) is 2.02. The molecule has 0 bridgehead atoms. The van der Waals surface area contributed by atoms with Crippen molar-refractivity contribution in [3.05, 3.63) is 11.1 Å².